The molecule has 0 fully saturated rings. The van der Waals surface area contributed by atoms with Gasteiger partial charge in [0.2, 0.25) is 5.91 Å². The molecule has 136 valence electrons. The molecular formula is C20H35N3O. The second kappa shape index (κ2) is 11.8. The Bertz CT molecular complexity index is 482. The first-order valence-corrected chi connectivity index (χ1v) is 9.52. The molecule has 0 saturated heterocycles. The number of unbranched alkanes of at least 4 members (excludes halogenated alkanes) is 2. The molecule has 0 aliphatic heterocycles. The lowest BCUT2D eigenvalue weighted by molar-refractivity contribution is -0.121. The lowest BCUT2D eigenvalue weighted by Gasteiger charge is -2.25. The summed E-state index contributed by atoms with van der Waals surface area (Å²) < 4.78 is 0. The van der Waals surface area contributed by atoms with Gasteiger partial charge < -0.3 is 16.0 Å². The first-order chi connectivity index (χ1) is 11.6. The van der Waals surface area contributed by atoms with Crippen molar-refractivity contribution in [1.82, 2.24) is 5.32 Å². The third kappa shape index (κ3) is 7.24. The SMILES string of the molecule is CCCCCNC(=O)CCc1ccc(N(CCC)CCC)c(N)c1. The van der Waals surface area contributed by atoms with E-state index in [2.05, 4.69) is 43.1 Å². The van der Waals surface area contributed by atoms with Crippen molar-refractivity contribution in [1.29, 1.82) is 0 Å². The minimum Gasteiger partial charge on any atom is -0.397 e. The van der Waals surface area contributed by atoms with Crippen LogP contribution in [0.15, 0.2) is 18.2 Å². The average Bonchev–Trinajstić information content (AvgIpc) is 2.57. The number of benzene rings is 1. The van der Waals surface area contributed by atoms with Gasteiger partial charge in [-0.05, 0) is 43.4 Å². The summed E-state index contributed by atoms with van der Waals surface area (Å²) in [5, 5.41) is 2.99. The summed E-state index contributed by atoms with van der Waals surface area (Å²) in [5.41, 5.74) is 9.33. The van der Waals surface area contributed by atoms with Crippen LogP contribution in [0.1, 0.15) is 64.9 Å². The molecule has 0 unspecified atom stereocenters. The van der Waals surface area contributed by atoms with E-state index in [0.29, 0.717) is 6.42 Å². The minimum absolute atomic E-state index is 0.132. The zero-order valence-corrected chi connectivity index (χ0v) is 15.7. The van der Waals surface area contributed by atoms with Crippen molar-refractivity contribution in [2.45, 2.75) is 65.7 Å². The Morgan fingerprint density at radius 1 is 1.08 bits per heavy atom. The van der Waals surface area contributed by atoms with E-state index in [1.807, 2.05) is 6.07 Å². The maximum atomic E-state index is 11.9. The van der Waals surface area contributed by atoms with Gasteiger partial charge >= 0.3 is 0 Å². The van der Waals surface area contributed by atoms with E-state index in [9.17, 15) is 4.79 Å². The zero-order chi connectivity index (χ0) is 17.8. The quantitative estimate of drug-likeness (QED) is 0.446. The molecule has 1 aromatic carbocycles. The second-order valence-electron chi connectivity index (χ2n) is 6.44. The molecule has 0 spiro atoms. The number of nitrogen functional groups attached to an aromatic ring is 1. The maximum Gasteiger partial charge on any atom is 0.220 e. The van der Waals surface area contributed by atoms with Gasteiger partial charge in [0, 0.05) is 26.1 Å². The van der Waals surface area contributed by atoms with Crippen LogP contribution < -0.4 is 16.0 Å². The lowest BCUT2D eigenvalue weighted by Crippen LogP contribution is -2.26. The number of nitrogens with two attached hydrogens (primary N) is 1. The molecule has 1 aromatic rings. The van der Waals surface area contributed by atoms with Crippen molar-refractivity contribution in [2.75, 3.05) is 30.3 Å². The number of anilines is 2. The second-order valence-corrected chi connectivity index (χ2v) is 6.44. The highest BCUT2D eigenvalue weighted by Gasteiger charge is 2.09. The minimum atomic E-state index is 0.132. The van der Waals surface area contributed by atoms with E-state index in [4.69, 9.17) is 5.73 Å². The van der Waals surface area contributed by atoms with Gasteiger partial charge in [0.25, 0.3) is 0 Å². The average molecular weight is 334 g/mol. The van der Waals surface area contributed by atoms with Crippen molar-refractivity contribution in [2.24, 2.45) is 0 Å². The smallest absolute Gasteiger partial charge is 0.220 e. The predicted molar refractivity (Wildman–Crippen MR) is 105 cm³/mol. The molecule has 4 heteroatoms. The highest BCUT2D eigenvalue weighted by Crippen LogP contribution is 2.25. The van der Waals surface area contributed by atoms with Crippen LogP contribution in [0.5, 0.6) is 0 Å². The van der Waals surface area contributed by atoms with Gasteiger partial charge in [0.1, 0.15) is 0 Å². The van der Waals surface area contributed by atoms with E-state index in [-0.39, 0.29) is 5.91 Å². The largest absolute Gasteiger partial charge is 0.397 e. The molecular weight excluding hydrogens is 298 g/mol. The molecule has 3 N–H and O–H groups in total. The number of nitrogens with zero attached hydrogens (tertiary/aromatic N) is 1. The molecule has 0 saturated carbocycles. The summed E-state index contributed by atoms with van der Waals surface area (Å²) in [4.78, 5) is 14.2. The lowest BCUT2D eigenvalue weighted by atomic mass is 10.1. The van der Waals surface area contributed by atoms with E-state index in [1.54, 1.807) is 0 Å². The Kier molecular flexibility index (Phi) is 9.97. The molecule has 0 aromatic heterocycles. The highest BCUT2D eigenvalue weighted by atomic mass is 16.1. The van der Waals surface area contributed by atoms with Crippen molar-refractivity contribution in [3.05, 3.63) is 23.8 Å². The molecule has 1 amide bonds. The van der Waals surface area contributed by atoms with Crippen molar-refractivity contribution < 1.29 is 4.79 Å². The zero-order valence-electron chi connectivity index (χ0n) is 15.7. The molecule has 0 heterocycles. The van der Waals surface area contributed by atoms with Gasteiger partial charge in [-0.1, -0.05) is 39.7 Å². The molecule has 0 atom stereocenters. The van der Waals surface area contributed by atoms with Crippen LogP contribution in [0.2, 0.25) is 0 Å². The fourth-order valence-corrected chi connectivity index (χ4v) is 2.89. The monoisotopic (exact) mass is 333 g/mol. The molecule has 0 aliphatic rings. The summed E-state index contributed by atoms with van der Waals surface area (Å²) in [5.74, 6) is 0.132. The number of nitrogens with one attached hydrogen (secondary N) is 1. The highest BCUT2D eigenvalue weighted by molar-refractivity contribution is 5.76. The number of rotatable bonds is 12. The van der Waals surface area contributed by atoms with Gasteiger partial charge in [-0.3, -0.25) is 4.79 Å². The number of aryl methyl sites for hydroxylation is 1. The number of amides is 1. The summed E-state index contributed by atoms with van der Waals surface area (Å²) in [7, 11) is 0. The first-order valence-electron chi connectivity index (χ1n) is 9.52. The van der Waals surface area contributed by atoms with Crippen LogP contribution in [0.4, 0.5) is 11.4 Å². The van der Waals surface area contributed by atoms with E-state index >= 15 is 0 Å². The van der Waals surface area contributed by atoms with Crippen LogP contribution in [0.3, 0.4) is 0 Å². The molecule has 0 aliphatic carbocycles. The fraction of sp³-hybridized carbons (Fsp3) is 0.650. The van der Waals surface area contributed by atoms with Crippen molar-refractivity contribution in [3.8, 4) is 0 Å². The Morgan fingerprint density at radius 3 is 2.38 bits per heavy atom. The third-order valence-corrected chi connectivity index (χ3v) is 4.16. The predicted octanol–water partition coefficient (Wildman–Crippen LogP) is 4.13. The Balaban J connectivity index is 2.53. The Labute approximate surface area is 147 Å². The number of carbonyl (C=O) groups is 1. The third-order valence-electron chi connectivity index (χ3n) is 4.16. The number of hydrogen-bond acceptors (Lipinski definition) is 3. The number of hydrogen-bond donors (Lipinski definition) is 2. The van der Waals surface area contributed by atoms with E-state index in [0.717, 1.165) is 62.3 Å². The standard InChI is InChI=1S/C20H35N3O/c1-4-7-8-13-22-20(24)12-10-17-9-11-19(18(21)16-17)23(14-5-2)15-6-3/h9,11,16H,4-8,10,12-15,21H2,1-3H3,(H,22,24). The summed E-state index contributed by atoms with van der Waals surface area (Å²) in [6.07, 6.45) is 6.90. The normalized spacial score (nSPS) is 10.6. The van der Waals surface area contributed by atoms with E-state index < -0.39 is 0 Å². The molecule has 24 heavy (non-hydrogen) atoms. The molecule has 0 radical (unpaired) electrons. The van der Waals surface area contributed by atoms with Gasteiger partial charge in [-0.2, -0.15) is 0 Å². The maximum absolute atomic E-state index is 11.9. The van der Waals surface area contributed by atoms with Crippen LogP contribution in [-0.4, -0.2) is 25.5 Å². The van der Waals surface area contributed by atoms with E-state index in [1.165, 1.54) is 12.8 Å². The van der Waals surface area contributed by atoms with Crippen LogP contribution in [-0.2, 0) is 11.2 Å². The van der Waals surface area contributed by atoms with Crippen LogP contribution in [0, 0.1) is 0 Å². The van der Waals surface area contributed by atoms with Crippen LogP contribution >= 0.6 is 0 Å². The van der Waals surface area contributed by atoms with Crippen molar-refractivity contribution in [3.63, 3.8) is 0 Å². The van der Waals surface area contributed by atoms with Crippen molar-refractivity contribution >= 4 is 17.3 Å². The van der Waals surface area contributed by atoms with Gasteiger partial charge in [-0.25, -0.2) is 0 Å². The van der Waals surface area contributed by atoms with Gasteiger partial charge in [0.05, 0.1) is 11.4 Å². The topological polar surface area (TPSA) is 58.4 Å². The first kappa shape index (κ1) is 20.3. The molecule has 4 nitrogen and oxygen atoms in total. The summed E-state index contributed by atoms with van der Waals surface area (Å²) in [6, 6.07) is 6.24. The van der Waals surface area contributed by atoms with Crippen LogP contribution in [0.25, 0.3) is 0 Å². The summed E-state index contributed by atoms with van der Waals surface area (Å²) >= 11 is 0. The molecule has 1 rings (SSSR count). The molecule has 0 bridgehead atoms. The van der Waals surface area contributed by atoms with Gasteiger partial charge in [-0.15, -0.1) is 0 Å². The fourth-order valence-electron chi connectivity index (χ4n) is 2.89. The Morgan fingerprint density at radius 2 is 1.79 bits per heavy atom. The van der Waals surface area contributed by atoms with Gasteiger partial charge in [0.15, 0.2) is 0 Å². The Hall–Kier alpha value is -1.71. The summed E-state index contributed by atoms with van der Waals surface area (Å²) in [6.45, 7) is 9.38. The number of carbonyl (C=O) groups excluding carboxylic acids is 1.